The fourth-order valence-electron chi connectivity index (χ4n) is 2.17. The number of aromatic nitrogens is 2. The lowest BCUT2D eigenvalue weighted by Crippen LogP contribution is -2.14. The van der Waals surface area contributed by atoms with Crippen LogP contribution < -0.4 is 4.72 Å². The summed E-state index contributed by atoms with van der Waals surface area (Å²) in [5.74, 6) is 0. The summed E-state index contributed by atoms with van der Waals surface area (Å²) < 4.78 is 29.1. The number of aryl methyl sites for hydroxylation is 1. The summed E-state index contributed by atoms with van der Waals surface area (Å²) in [6.45, 7) is 1.77. The molecule has 6 heteroatoms. The summed E-state index contributed by atoms with van der Waals surface area (Å²) in [4.78, 5) is 0.283. The monoisotopic (exact) mass is 313 g/mol. The Labute approximate surface area is 129 Å². The Morgan fingerprint density at radius 1 is 1.00 bits per heavy atom. The molecule has 0 aliphatic carbocycles. The second-order valence-corrected chi connectivity index (χ2v) is 6.52. The predicted octanol–water partition coefficient (Wildman–Crippen LogP) is 2.98. The van der Waals surface area contributed by atoms with Crippen molar-refractivity contribution < 1.29 is 8.42 Å². The Bertz CT molecular complexity index is 870. The summed E-state index contributed by atoms with van der Waals surface area (Å²) in [7, 11) is -3.58. The highest BCUT2D eigenvalue weighted by Crippen LogP contribution is 2.20. The lowest BCUT2D eigenvalue weighted by atomic mass is 10.2. The maximum absolute atomic E-state index is 12.4. The zero-order valence-corrected chi connectivity index (χ0v) is 12.8. The number of hydrogen-bond acceptors (Lipinski definition) is 3. The van der Waals surface area contributed by atoms with Gasteiger partial charge in [-0.1, -0.05) is 18.2 Å². The molecule has 0 saturated carbocycles. The number of rotatable bonds is 4. The maximum atomic E-state index is 12.4. The van der Waals surface area contributed by atoms with Crippen LogP contribution in [-0.4, -0.2) is 18.2 Å². The summed E-state index contributed by atoms with van der Waals surface area (Å²) in [5, 5.41) is 4.13. The van der Waals surface area contributed by atoms with Gasteiger partial charge in [0, 0.05) is 18.1 Å². The van der Waals surface area contributed by atoms with E-state index in [4.69, 9.17) is 0 Å². The van der Waals surface area contributed by atoms with Crippen LogP contribution in [0.25, 0.3) is 5.69 Å². The van der Waals surface area contributed by atoms with E-state index >= 15 is 0 Å². The molecule has 0 aliphatic rings. The first kappa shape index (κ1) is 14.3. The van der Waals surface area contributed by atoms with E-state index in [0.29, 0.717) is 11.3 Å². The van der Waals surface area contributed by atoms with Crippen LogP contribution in [0.15, 0.2) is 71.9 Å². The van der Waals surface area contributed by atoms with Crippen LogP contribution >= 0.6 is 0 Å². The second-order valence-electron chi connectivity index (χ2n) is 4.87. The summed E-state index contributed by atoms with van der Waals surface area (Å²) >= 11 is 0. The third-order valence-corrected chi connectivity index (χ3v) is 4.81. The first-order valence-electron chi connectivity index (χ1n) is 6.75. The Hall–Kier alpha value is -2.60. The van der Waals surface area contributed by atoms with Crippen molar-refractivity contribution in [3.63, 3.8) is 0 Å². The fourth-order valence-corrected chi connectivity index (χ4v) is 3.48. The van der Waals surface area contributed by atoms with Gasteiger partial charge in [-0.05, 0) is 48.9 Å². The molecule has 0 bridgehead atoms. The molecule has 1 N–H and O–H groups in total. The van der Waals surface area contributed by atoms with E-state index in [0.717, 1.165) is 5.69 Å². The standard InChI is InChI=1S/C16H15N3O2S/c1-13-5-2-3-6-16(13)22(20,21)18-14-7-9-15(10-8-14)19-12-4-11-17-19/h2-12,18H,1H3. The normalized spacial score (nSPS) is 11.3. The average Bonchev–Trinajstić information content (AvgIpc) is 3.02. The van der Waals surface area contributed by atoms with Crippen molar-refractivity contribution in [1.82, 2.24) is 9.78 Å². The Morgan fingerprint density at radius 3 is 2.36 bits per heavy atom. The first-order valence-corrected chi connectivity index (χ1v) is 8.23. The lowest BCUT2D eigenvalue weighted by Gasteiger charge is -2.10. The van der Waals surface area contributed by atoms with Crippen molar-refractivity contribution in [3.05, 3.63) is 72.6 Å². The van der Waals surface area contributed by atoms with Crippen molar-refractivity contribution in [2.75, 3.05) is 4.72 Å². The first-order chi connectivity index (χ1) is 10.6. The predicted molar refractivity (Wildman–Crippen MR) is 85.6 cm³/mol. The van der Waals surface area contributed by atoms with Crippen LogP contribution in [0.1, 0.15) is 5.56 Å². The number of anilines is 1. The van der Waals surface area contributed by atoms with Crippen molar-refractivity contribution >= 4 is 15.7 Å². The molecule has 0 fully saturated rings. The van der Waals surface area contributed by atoms with Crippen LogP contribution in [0.4, 0.5) is 5.69 Å². The highest BCUT2D eigenvalue weighted by atomic mass is 32.2. The van der Waals surface area contributed by atoms with Crippen LogP contribution in [-0.2, 0) is 10.0 Å². The minimum absolute atomic E-state index is 0.283. The highest BCUT2D eigenvalue weighted by Gasteiger charge is 2.16. The molecule has 22 heavy (non-hydrogen) atoms. The van der Waals surface area contributed by atoms with Crippen molar-refractivity contribution in [2.24, 2.45) is 0 Å². The molecule has 3 rings (SSSR count). The molecular weight excluding hydrogens is 298 g/mol. The minimum Gasteiger partial charge on any atom is -0.280 e. The van der Waals surface area contributed by atoms with Crippen LogP contribution in [0.3, 0.4) is 0 Å². The minimum atomic E-state index is -3.58. The molecule has 0 unspecified atom stereocenters. The Balaban J connectivity index is 1.86. The van der Waals surface area contributed by atoms with E-state index < -0.39 is 10.0 Å². The van der Waals surface area contributed by atoms with Gasteiger partial charge in [0.1, 0.15) is 0 Å². The van der Waals surface area contributed by atoms with Gasteiger partial charge in [0.25, 0.3) is 10.0 Å². The molecule has 0 aliphatic heterocycles. The molecule has 1 heterocycles. The maximum Gasteiger partial charge on any atom is 0.262 e. The van der Waals surface area contributed by atoms with Gasteiger partial charge >= 0.3 is 0 Å². The van der Waals surface area contributed by atoms with Gasteiger partial charge in [-0.3, -0.25) is 4.72 Å². The number of benzene rings is 2. The average molecular weight is 313 g/mol. The van der Waals surface area contributed by atoms with Crippen molar-refractivity contribution in [1.29, 1.82) is 0 Å². The lowest BCUT2D eigenvalue weighted by molar-refractivity contribution is 0.600. The molecule has 1 aromatic heterocycles. The van der Waals surface area contributed by atoms with E-state index in [1.165, 1.54) is 0 Å². The van der Waals surface area contributed by atoms with Gasteiger partial charge in [0.05, 0.1) is 10.6 Å². The van der Waals surface area contributed by atoms with Gasteiger partial charge in [-0.25, -0.2) is 13.1 Å². The van der Waals surface area contributed by atoms with Crippen molar-refractivity contribution in [2.45, 2.75) is 11.8 Å². The largest absolute Gasteiger partial charge is 0.280 e. The number of nitrogens with zero attached hydrogens (tertiary/aromatic N) is 2. The molecule has 0 amide bonds. The molecule has 5 nitrogen and oxygen atoms in total. The molecule has 0 saturated heterocycles. The molecule has 0 radical (unpaired) electrons. The van der Waals surface area contributed by atoms with Gasteiger partial charge in [0.2, 0.25) is 0 Å². The molecule has 3 aromatic rings. The van der Waals surface area contributed by atoms with Gasteiger partial charge in [-0.2, -0.15) is 5.10 Å². The zero-order chi connectivity index (χ0) is 15.6. The van der Waals surface area contributed by atoms with Crippen LogP contribution in [0, 0.1) is 6.92 Å². The zero-order valence-electron chi connectivity index (χ0n) is 12.0. The summed E-state index contributed by atoms with van der Waals surface area (Å²) in [6.07, 6.45) is 3.52. The molecular formula is C16H15N3O2S. The molecule has 0 spiro atoms. The Kier molecular flexibility index (Phi) is 3.68. The van der Waals surface area contributed by atoms with Gasteiger partial charge < -0.3 is 0 Å². The summed E-state index contributed by atoms with van der Waals surface area (Å²) in [6, 6.07) is 15.8. The van der Waals surface area contributed by atoms with Gasteiger partial charge in [-0.15, -0.1) is 0 Å². The SMILES string of the molecule is Cc1ccccc1S(=O)(=O)Nc1ccc(-n2cccn2)cc1. The van der Waals surface area contributed by atoms with E-state index in [2.05, 4.69) is 9.82 Å². The van der Waals surface area contributed by atoms with E-state index in [1.54, 1.807) is 48.1 Å². The topological polar surface area (TPSA) is 64.0 Å². The second kappa shape index (κ2) is 5.65. The highest BCUT2D eigenvalue weighted by molar-refractivity contribution is 7.92. The quantitative estimate of drug-likeness (QED) is 0.805. The van der Waals surface area contributed by atoms with Crippen LogP contribution in [0.5, 0.6) is 0 Å². The third kappa shape index (κ3) is 2.87. The van der Waals surface area contributed by atoms with Crippen LogP contribution in [0.2, 0.25) is 0 Å². The van der Waals surface area contributed by atoms with E-state index in [1.807, 2.05) is 30.5 Å². The molecule has 2 aromatic carbocycles. The number of hydrogen-bond donors (Lipinski definition) is 1. The fraction of sp³-hybridized carbons (Fsp3) is 0.0625. The van der Waals surface area contributed by atoms with E-state index in [9.17, 15) is 8.42 Å². The summed E-state index contributed by atoms with van der Waals surface area (Å²) in [5.41, 5.74) is 2.09. The van der Waals surface area contributed by atoms with E-state index in [-0.39, 0.29) is 4.90 Å². The number of sulfonamides is 1. The Morgan fingerprint density at radius 2 is 1.73 bits per heavy atom. The molecule has 0 atom stereocenters. The third-order valence-electron chi connectivity index (χ3n) is 3.27. The smallest absolute Gasteiger partial charge is 0.262 e. The van der Waals surface area contributed by atoms with Crippen molar-refractivity contribution in [3.8, 4) is 5.69 Å². The molecule has 112 valence electrons. The van der Waals surface area contributed by atoms with Gasteiger partial charge in [0.15, 0.2) is 0 Å². The number of nitrogens with one attached hydrogen (secondary N) is 1.